The van der Waals surface area contributed by atoms with Crippen LogP contribution in [0.2, 0.25) is 0 Å². The number of carboxylic acids is 1. The Morgan fingerprint density at radius 3 is 2.40 bits per heavy atom. The number of hydrogen-bond donors (Lipinski definition) is 1. The highest BCUT2D eigenvalue weighted by Crippen LogP contribution is 2.43. The highest BCUT2D eigenvalue weighted by atomic mass is 19.1. The van der Waals surface area contributed by atoms with Gasteiger partial charge in [-0.15, -0.1) is 0 Å². The molecule has 1 aliphatic carbocycles. The monoisotopic (exact) mass is 278 g/mol. The molecule has 0 radical (unpaired) electrons. The van der Waals surface area contributed by atoms with Crippen molar-refractivity contribution in [2.24, 2.45) is 5.92 Å². The van der Waals surface area contributed by atoms with Crippen molar-refractivity contribution in [1.82, 2.24) is 0 Å². The molecule has 2 nitrogen and oxygen atoms in total. The maximum absolute atomic E-state index is 13.1. The zero-order valence-electron chi connectivity index (χ0n) is 12.1. The number of rotatable bonds is 5. The second-order valence-electron chi connectivity index (χ2n) is 6.13. The summed E-state index contributed by atoms with van der Waals surface area (Å²) in [6, 6.07) is 6.80. The fraction of sp³-hybridized carbons (Fsp3) is 0.588. The summed E-state index contributed by atoms with van der Waals surface area (Å²) >= 11 is 0. The first kappa shape index (κ1) is 15.0. The smallest absolute Gasteiger partial charge is 0.306 e. The fourth-order valence-corrected chi connectivity index (χ4v) is 3.33. The van der Waals surface area contributed by atoms with Crippen LogP contribution >= 0.6 is 0 Å². The molecule has 110 valence electrons. The molecule has 1 saturated carbocycles. The Balaban J connectivity index is 2.17. The van der Waals surface area contributed by atoms with E-state index in [0.717, 1.165) is 19.3 Å². The van der Waals surface area contributed by atoms with Gasteiger partial charge in [0.25, 0.3) is 0 Å². The predicted octanol–water partition coefficient (Wildman–Crippen LogP) is 4.53. The number of benzene rings is 1. The largest absolute Gasteiger partial charge is 0.481 e. The third kappa shape index (κ3) is 3.38. The molecule has 1 atom stereocenters. The summed E-state index contributed by atoms with van der Waals surface area (Å²) in [6.45, 7) is 1.77. The van der Waals surface area contributed by atoms with Crippen molar-refractivity contribution >= 4 is 5.97 Å². The van der Waals surface area contributed by atoms with E-state index in [0.29, 0.717) is 6.42 Å². The molecule has 20 heavy (non-hydrogen) atoms. The lowest BCUT2D eigenvalue weighted by molar-refractivity contribution is -0.141. The van der Waals surface area contributed by atoms with Crippen LogP contribution in [0, 0.1) is 11.7 Å². The van der Waals surface area contributed by atoms with E-state index in [1.165, 1.54) is 37.0 Å². The van der Waals surface area contributed by atoms with Crippen molar-refractivity contribution in [1.29, 1.82) is 0 Å². The van der Waals surface area contributed by atoms with Gasteiger partial charge in [-0.2, -0.15) is 0 Å². The maximum atomic E-state index is 13.1. The number of halogens is 1. The normalized spacial score (nSPS) is 19.5. The minimum Gasteiger partial charge on any atom is -0.481 e. The van der Waals surface area contributed by atoms with Crippen LogP contribution in [-0.4, -0.2) is 11.1 Å². The van der Waals surface area contributed by atoms with Crippen molar-refractivity contribution in [3.63, 3.8) is 0 Å². The Bertz CT molecular complexity index is 447. The van der Waals surface area contributed by atoms with Gasteiger partial charge < -0.3 is 5.11 Å². The molecule has 0 heterocycles. The molecule has 0 amide bonds. The predicted molar refractivity (Wildman–Crippen MR) is 77.2 cm³/mol. The van der Waals surface area contributed by atoms with Crippen LogP contribution in [0.1, 0.15) is 57.4 Å². The maximum Gasteiger partial charge on any atom is 0.306 e. The van der Waals surface area contributed by atoms with Crippen LogP contribution in [0.25, 0.3) is 0 Å². The summed E-state index contributed by atoms with van der Waals surface area (Å²) < 4.78 is 13.1. The van der Waals surface area contributed by atoms with E-state index in [4.69, 9.17) is 5.11 Å². The standard InChI is InChI=1S/C17H23FO2/c1-13(16(19)20)9-12-17(10-3-2-4-11-17)14-5-7-15(18)8-6-14/h5-8,13H,2-4,9-12H2,1H3,(H,19,20). The summed E-state index contributed by atoms with van der Waals surface area (Å²) in [5.74, 6) is -1.25. The fourth-order valence-electron chi connectivity index (χ4n) is 3.33. The summed E-state index contributed by atoms with van der Waals surface area (Å²) in [5.41, 5.74) is 1.23. The summed E-state index contributed by atoms with van der Waals surface area (Å²) in [4.78, 5) is 11.0. The van der Waals surface area contributed by atoms with E-state index in [9.17, 15) is 9.18 Å². The van der Waals surface area contributed by atoms with Gasteiger partial charge in [-0.3, -0.25) is 4.79 Å². The molecule has 0 spiro atoms. The Hall–Kier alpha value is -1.38. The van der Waals surface area contributed by atoms with E-state index in [-0.39, 0.29) is 17.2 Å². The molecule has 1 fully saturated rings. The molecule has 3 heteroatoms. The van der Waals surface area contributed by atoms with Gasteiger partial charge in [0.1, 0.15) is 5.82 Å². The summed E-state index contributed by atoms with van der Waals surface area (Å²) in [6.07, 6.45) is 7.35. The SMILES string of the molecule is CC(CCC1(c2ccc(F)cc2)CCCCC1)C(=O)O. The Morgan fingerprint density at radius 2 is 1.85 bits per heavy atom. The highest BCUT2D eigenvalue weighted by Gasteiger charge is 2.34. The van der Waals surface area contributed by atoms with Crippen LogP contribution in [0.15, 0.2) is 24.3 Å². The van der Waals surface area contributed by atoms with E-state index >= 15 is 0 Å². The van der Waals surface area contributed by atoms with Gasteiger partial charge in [0.2, 0.25) is 0 Å². The topological polar surface area (TPSA) is 37.3 Å². The van der Waals surface area contributed by atoms with Gasteiger partial charge in [0.15, 0.2) is 0 Å². The van der Waals surface area contributed by atoms with E-state index in [2.05, 4.69) is 0 Å². The molecule has 0 saturated heterocycles. The quantitative estimate of drug-likeness (QED) is 0.859. The molecular weight excluding hydrogens is 255 g/mol. The van der Waals surface area contributed by atoms with Crippen molar-refractivity contribution in [2.75, 3.05) is 0 Å². The van der Waals surface area contributed by atoms with Gasteiger partial charge in [-0.05, 0) is 48.8 Å². The van der Waals surface area contributed by atoms with Crippen LogP contribution in [0.4, 0.5) is 4.39 Å². The summed E-state index contributed by atoms with van der Waals surface area (Å²) in [7, 11) is 0. The Morgan fingerprint density at radius 1 is 1.25 bits per heavy atom. The molecular formula is C17H23FO2. The average Bonchev–Trinajstić information content (AvgIpc) is 2.46. The molecule has 1 aromatic rings. The van der Waals surface area contributed by atoms with Crippen molar-refractivity contribution < 1.29 is 14.3 Å². The van der Waals surface area contributed by atoms with Crippen molar-refractivity contribution in [2.45, 2.75) is 57.3 Å². The minimum atomic E-state index is -0.727. The lowest BCUT2D eigenvalue weighted by Crippen LogP contribution is -2.30. The molecule has 1 N–H and O–H groups in total. The minimum absolute atomic E-state index is 0.0512. The van der Waals surface area contributed by atoms with Crippen molar-refractivity contribution in [3.05, 3.63) is 35.6 Å². The van der Waals surface area contributed by atoms with E-state index in [1.807, 2.05) is 12.1 Å². The highest BCUT2D eigenvalue weighted by molar-refractivity contribution is 5.69. The molecule has 2 rings (SSSR count). The van der Waals surface area contributed by atoms with Gasteiger partial charge in [-0.25, -0.2) is 4.39 Å². The molecule has 0 aliphatic heterocycles. The first-order valence-corrected chi connectivity index (χ1v) is 7.52. The van der Waals surface area contributed by atoms with Crippen LogP contribution in [0.5, 0.6) is 0 Å². The van der Waals surface area contributed by atoms with Gasteiger partial charge >= 0.3 is 5.97 Å². The lowest BCUT2D eigenvalue weighted by atomic mass is 9.66. The number of carboxylic acid groups (broad SMARTS) is 1. The first-order valence-electron chi connectivity index (χ1n) is 7.52. The lowest BCUT2D eigenvalue weighted by Gasteiger charge is -2.38. The van der Waals surface area contributed by atoms with Crippen molar-refractivity contribution in [3.8, 4) is 0 Å². The molecule has 1 unspecified atom stereocenters. The molecule has 1 aliphatic rings. The molecule has 1 aromatic carbocycles. The van der Waals surface area contributed by atoms with Crippen LogP contribution < -0.4 is 0 Å². The Kier molecular flexibility index (Phi) is 4.79. The van der Waals surface area contributed by atoms with Gasteiger partial charge in [0, 0.05) is 0 Å². The third-order valence-corrected chi connectivity index (χ3v) is 4.74. The number of hydrogen-bond acceptors (Lipinski definition) is 1. The zero-order valence-corrected chi connectivity index (χ0v) is 12.1. The van der Waals surface area contributed by atoms with Crippen LogP contribution in [0.3, 0.4) is 0 Å². The first-order chi connectivity index (χ1) is 9.53. The van der Waals surface area contributed by atoms with Gasteiger partial charge in [0.05, 0.1) is 5.92 Å². The summed E-state index contributed by atoms with van der Waals surface area (Å²) in [5, 5.41) is 9.05. The number of carbonyl (C=O) groups is 1. The van der Waals surface area contributed by atoms with Crippen LogP contribution in [-0.2, 0) is 10.2 Å². The zero-order chi connectivity index (χ0) is 14.6. The third-order valence-electron chi connectivity index (χ3n) is 4.74. The Labute approximate surface area is 120 Å². The second-order valence-corrected chi connectivity index (χ2v) is 6.13. The van der Waals surface area contributed by atoms with Gasteiger partial charge in [-0.1, -0.05) is 38.3 Å². The van der Waals surface area contributed by atoms with E-state index < -0.39 is 5.97 Å². The second kappa shape index (κ2) is 6.38. The molecule has 0 aromatic heterocycles. The average molecular weight is 278 g/mol. The number of aliphatic carboxylic acids is 1. The molecule has 0 bridgehead atoms. The van der Waals surface area contributed by atoms with E-state index in [1.54, 1.807) is 6.92 Å².